The highest BCUT2D eigenvalue weighted by Gasteiger charge is 2.22. The van der Waals surface area contributed by atoms with Crippen LogP contribution in [0.4, 0.5) is 0 Å². The van der Waals surface area contributed by atoms with Crippen molar-refractivity contribution in [3.8, 4) is 0 Å². The maximum Gasteiger partial charge on any atom is 0.0223 e. The number of hydrogen-bond acceptors (Lipinski definition) is 2. The molecule has 0 saturated carbocycles. The van der Waals surface area contributed by atoms with Crippen LogP contribution in [0, 0.1) is 0 Å². The molecule has 1 fully saturated rings. The minimum atomic E-state index is 0.632. The van der Waals surface area contributed by atoms with Gasteiger partial charge in [-0.05, 0) is 37.6 Å². The molecule has 2 heteroatoms. The van der Waals surface area contributed by atoms with Crippen LogP contribution < -0.4 is 5.32 Å². The predicted molar refractivity (Wildman–Crippen MR) is 73.1 cm³/mol. The second-order valence-electron chi connectivity index (χ2n) is 4.49. The second-order valence-corrected chi connectivity index (χ2v) is 5.84. The van der Waals surface area contributed by atoms with E-state index >= 15 is 0 Å². The van der Waals surface area contributed by atoms with Crippen LogP contribution in [-0.2, 0) is 6.42 Å². The lowest BCUT2D eigenvalue weighted by atomic mass is 10.00. The van der Waals surface area contributed by atoms with E-state index in [1.807, 2.05) is 0 Å². The first-order chi connectivity index (χ1) is 7.90. The van der Waals surface area contributed by atoms with E-state index in [0.717, 1.165) is 11.7 Å². The van der Waals surface area contributed by atoms with Gasteiger partial charge in [-0.15, -0.1) is 0 Å². The van der Waals surface area contributed by atoms with Crippen molar-refractivity contribution in [2.75, 3.05) is 12.8 Å². The lowest BCUT2D eigenvalue weighted by Crippen LogP contribution is -2.38. The van der Waals surface area contributed by atoms with Crippen molar-refractivity contribution >= 4 is 11.8 Å². The van der Waals surface area contributed by atoms with Gasteiger partial charge in [-0.3, -0.25) is 0 Å². The minimum Gasteiger partial charge on any atom is -0.316 e. The molecule has 0 spiro atoms. The summed E-state index contributed by atoms with van der Waals surface area (Å²) in [6, 6.07) is 11.5. The van der Waals surface area contributed by atoms with Gasteiger partial charge in [-0.1, -0.05) is 36.8 Å². The average Bonchev–Trinajstić information content (AvgIpc) is 2.38. The number of likely N-dealkylation sites (N-methyl/N-ethyl adjacent to an activating group) is 1. The summed E-state index contributed by atoms with van der Waals surface area (Å²) in [4.78, 5) is 0. The van der Waals surface area contributed by atoms with Gasteiger partial charge >= 0.3 is 0 Å². The van der Waals surface area contributed by atoms with Crippen molar-refractivity contribution in [3.63, 3.8) is 0 Å². The number of nitrogens with one attached hydrogen (secondary N) is 1. The molecule has 1 N–H and O–H groups in total. The van der Waals surface area contributed by atoms with E-state index in [0.29, 0.717) is 6.04 Å². The molecule has 2 unspecified atom stereocenters. The van der Waals surface area contributed by atoms with E-state index in [2.05, 4.69) is 54.5 Å². The van der Waals surface area contributed by atoms with E-state index in [1.54, 1.807) is 0 Å². The fourth-order valence-electron chi connectivity index (χ4n) is 2.37. The van der Waals surface area contributed by atoms with E-state index in [-0.39, 0.29) is 0 Å². The molecule has 0 aromatic heterocycles. The topological polar surface area (TPSA) is 12.0 Å². The first kappa shape index (κ1) is 12.0. The molecule has 0 bridgehead atoms. The summed E-state index contributed by atoms with van der Waals surface area (Å²) in [5.41, 5.74) is 1.45. The molecule has 1 aliphatic heterocycles. The van der Waals surface area contributed by atoms with Gasteiger partial charge < -0.3 is 5.32 Å². The third kappa shape index (κ3) is 3.26. The Bertz CT molecular complexity index is 293. The van der Waals surface area contributed by atoms with Crippen LogP contribution in [-0.4, -0.2) is 24.1 Å². The summed E-state index contributed by atoms with van der Waals surface area (Å²) >= 11 is 2.15. The van der Waals surface area contributed by atoms with Crippen LogP contribution in [0.25, 0.3) is 0 Å². The summed E-state index contributed by atoms with van der Waals surface area (Å²) < 4.78 is 0. The van der Waals surface area contributed by atoms with E-state index < -0.39 is 0 Å². The van der Waals surface area contributed by atoms with Crippen LogP contribution in [0.15, 0.2) is 30.3 Å². The molecule has 1 heterocycles. The van der Waals surface area contributed by atoms with E-state index in [1.165, 1.54) is 30.6 Å². The largest absolute Gasteiger partial charge is 0.316 e. The molecule has 2 atom stereocenters. The highest BCUT2D eigenvalue weighted by Crippen LogP contribution is 2.28. The van der Waals surface area contributed by atoms with Gasteiger partial charge in [0, 0.05) is 11.3 Å². The molecular formula is C14H21NS. The average molecular weight is 235 g/mol. The predicted octanol–water partition coefficient (Wildman–Crippen LogP) is 3.10. The molecule has 1 saturated heterocycles. The van der Waals surface area contributed by atoms with Crippen molar-refractivity contribution in [3.05, 3.63) is 35.9 Å². The summed E-state index contributed by atoms with van der Waals surface area (Å²) in [6.45, 7) is 0. The third-order valence-corrected chi connectivity index (χ3v) is 4.85. The number of hydrogen-bond donors (Lipinski definition) is 1. The maximum absolute atomic E-state index is 3.50. The van der Waals surface area contributed by atoms with Crippen LogP contribution in [0.1, 0.15) is 24.8 Å². The Kier molecular flexibility index (Phi) is 4.73. The molecule has 1 aromatic carbocycles. The van der Waals surface area contributed by atoms with Gasteiger partial charge in [-0.25, -0.2) is 0 Å². The Morgan fingerprint density at radius 2 is 2.12 bits per heavy atom. The zero-order valence-electron chi connectivity index (χ0n) is 9.99. The normalized spacial score (nSPS) is 22.9. The van der Waals surface area contributed by atoms with Gasteiger partial charge in [0.15, 0.2) is 0 Å². The molecular weight excluding hydrogens is 214 g/mol. The molecule has 1 nitrogen and oxygen atoms in total. The first-order valence-corrected chi connectivity index (χ1v) is 7.28. The van der Waals surface area contributed by atoms with Crippen molar-refractivity contribution < 1.29 is 0 Å². The van der Waals surface area contributed by atoms with Crippen molar-refractivity contribution in [2.45, 2.75) is 37.0 Å². The summed E-state index contributed by atoms with van der Waals surface area (Å²) in [6.07, 6.45) is 5.35. The SMILES string of the molecule is CNC(Cc1ccccc1)C1CCCCS1. The fraction of sp³-hybridized carbons (Fsp3) is 0.571. The standard InChI is InChI=1S/C14H21NS/c1-15-13(14-9-5-6-10-16-14)11-12-7-3-2-4-8-12/h2-4,7-8,13-15H,5-6,9-11H2,1H3. The lowest BCUT2D eigenvalue weighted by Gasteiger charge is -2.29. The van der Waals surface area contributed by atoms with Gasteiger partial charge in [0.05, 0.1) is 0 Å². The molecule has 2 rings (SSSR count). The summed E-state index contributed by atoms with van der Waals surface area (Å²) in [5, 5.41) is 4.30. The number of rotatable bonds is 4. The molecule has 88 valence electrons. The van der Waals surface area contributed by atoms with Gasteiger partial charge in [-0.2, -0.15) is 11.8 Å². The monoisotopic (exact) mass is 235 g/mol. The zero-order chi connectivity index (χ0) is 11.2. The van der Waals surface area contributed by atoms with Gasteiger partial charge in [0.1, 0.15) is 0 Å². The molecule has 0 amide bonds. The first-order valence-electron chi connectivity index (χ1n) is 6.23. The highest BCUT2D eigenvalue weighted by atomic mass is 32.2. The van der Waals surface area contributed by atoms with Crippen LogP contribution in [0.5, 0.6) is 0 Å². The van der Waals surface area contributed by atoms with E-state index in [9.17, 15) is 0 Å². The zero-order valence-corrected chi connectivity index (χ0v) is 10.8. The Hall–Kier alpha value is -0.470. The molecule has 1 aromatic rings. The molecule has 1 aliphatic rings. The van der Waals surface area contributed by atoms with Gasteiger partial charge in [0.25, 0.3) is 0 Å². The van der Waals surface area contributed by atoms with Crippen LogP contribution in [0.2, 0.25) is 0 Å². The highest BCUT2D eigenvalue weighted by molar-refractivity contribution is 8.00. The Labute approximate surface area is 103 Å². The van der Waals surface area contributed by atoms with Crippen molar-refractivity contribution in [2.24, 2.45) is 0 Å². The third-order valence-electron chi connectivity index (χ3n) is 3.33. The minimum absolute atomic E-state index is 0.632. The van der Waals surface area contributed by atoms with Gasteiger partial charge in [0.2, 0.25) is 0 Å². The maximum atomic E-state index is 3.50. The molecule has 16 heavy (non-hydrogen) atoms. The summed E-state index contributed by atoms with van der Waals surface area (Å²) in [5.74, 6) is 1.34. The Morgan fingerprint density at radius 3 is 2.75 bits per heavy atom. The molecule has 0 aliphatic carbocycles. The smallest absolute Gasteiger partial charge is 0.0223 e. The van der Waals surface area contributed by atoms with E-state index in [4.69, 9.17) is 0 Å². The Balaban J connectivity index is 1.94. The quantitative estimate of drug-likeness (QED) is 0.860. The fourth-order valence-corrected chi connectivity index (χ4v) is 3.84. The Morgan fingerprint density at radius 1 is 1.31 bits per heavy atom. The lowest BCUT2D eigenvalue weighted by molar-refractivity contribution is 0.495. The van der Waals surface area contributed by atoms with Crippen LogP contribution >= 0.6 is 11.8 Å². The number of benzene rings is 1. The van der Waals surface area contributed by atoms with Crippen LogP contribution in [0.3, 0.4) is 0 Å². The molecule has 0 radical (unpaired) electrons. The second kappa shape index (κ2) is 6.31. The van der Waals surface area contributed by atoms with Crippen molar-refractivity contribution in [1.82, 2.24) is 5.32 Å². The van der Waals surface area contributed by atoms with Crippen molar-refractivity contribution in [1.29, 1.82) is 0 Å². The summed E-state index contributed by atoms with van der Waals surface area (Å²) in [7, 11) is 2.10. The number of thioether (sulfide) groups is 1.